The molecule has 0 bridgehead atoms. The molecule has 0 saturated carbocycles. The molecule has 1 aliphatic rings. The Morgan fingerprint density at radius 1 is 1.04 bits per heavy atom. The van der Waals surface area contributed by atoms with E-state index < -0.39 is 17.7 Å². The molecule has 24 heavy (non-hydrogen) atoms. The van der Waals surface area contributed by atoms with E-state index in [1.807, 2.05) is 24.3 Å². The number of rotatable bonds is 2. The Kier molecular flexibility index (Phi) is 3.37. The van der Waals surface area contributed by atoms with Gasteiger partial charge >= 0.3 is 0 Å². The van der Waals surface area contributed by atoms with E-state index in [0.717, 1.165) is 10.1 Å². The van der Waals surface area contributed by atoms with Crippen molar-refractivity contribution in [3.8, 4) is 0 Å². The molecular formula is C17H9ClN2O3S. The van der Waals surface area contributed by atoms with Gasteiger partial charge < -0.3 is 5.32 Å². The molecule has 0 spiro atoms. The SMILES string of the molecule is O=C1NC(=O)c2c(NC(=O)c3sc4ccccc4c3Cl)cccc21. The van der Waals surface area contributed by atoms with Crippen LogP contribution in [0.15, 0.2) is 42.5 Å². The highest BCUT2D eigenvalue weighted by Gasteiger charge is 2.30. The van der Waals surface area contributed by atoms with Crippen LogP contribution in [0.3, 0.4) is 0 Å². The first-order valence-corrected chi connectivity index (χ1v) is 8.23. The molecule has 3 aromatic rings. The zero-order chi connectivity index (χ0) is 16.8. The molecule has 118 valence electrons. The van der Waals surface area contributed by atoms with Crippen molar-refractivity contribution in [1.82, 2.24) is 5.32 Å². The van der Waals surface area contributed by atoms with Crippen molar-refractivity contribution in [1.29, 1.82) is 0 Å². The third-order valence-electron chi connectivity index (χ3n) is 3.75. The Morgan fingerprint density at radius 3 is 2.62 bits per heavy atom. The third kappa shape index (κ3) is 2.19. The van der Waals surface area contributed by atoms with Crippen LogP contribution in [-0.2, 0) is 0 Å². The fraction of sp³-hybridized carbons (Fsp3) is 0. The zero-order valence-electron chi connectivity index (χ0n) is 12.1. The first kappa shape index (κ1) is 14.9. The van der Waals surface area contributed by atoms with Gasteiger partial charge in [-0.25, -0.2) is 0 Å². The highest BCUT2D eigenvalue weighted by atomic mass is 35.5. The Hall–Kier alpha value is -2.70. The van der Waals surface area contributed by atoms with Crippen molar-refractivity contribution in [2.75, 3.05) is 5.32 Å². The Balaban J connectivity index is 1.74. The van der Waals surface area contributed by atoms with Gasteiger partial charge in [0, 0.05) is 10.1 Å². The van der Waals surface area contributed by atoms with Crippen molar-refractivity contribution >= 4 is 56.4 Å². The maximum absolute atomic E-state index is 12.6. The molecule has 2 aromatic carbocycles. The van der Waals surface area contributed by atoms with Crippen molar-refractivity contribution in [3.05, 3.63) is 63.5 Å². The van der Waals surface area contributed by atoms with Gasteiger partial charge in [-0.3, -0.25) is 19.7 Å². The van der Waals surface area contributed by atoms with Gasteiger partial charge in [-0.1, -0.05) is 35.9 Å². The molecule has 0 atom stereocenters. The molecule has 1 aliphatic heterocycles. The molecule has 0 saturated heterocycles. The lowest BCUT2D eigenvalue weighted by Gasteiger charge is -2.07. The number of hydrogen-bond donors (Lipinski definition) is 2. The lowest BCUT2D eigenvalue weighted by Crippen LogP contribution is -2.20. The quantitative estimate of drug-likeness (QED) is 0.687. The number of halogens is 1. The average Bonchev–Trinajstić information content (AvgIpc) is 3.06. The molecule has 2 heterocycles. The minimum Gasteiger partial charge on any atom is -0.320 e. The number of benzene rings is 2. The fourth-order valence-electron chi connectivity index (χ4n) is 2.66. The van der Waals surface area contributed by atoms with E-state index in [1.165, 1.54) is 17.4 Å². The van der Waals surface area contributed by atoms with Crippen LogP contribution in [0.4, 0.5) is 5.69 Å². The van der Waals surface area contributed by atoms with E-state index in [4.69, 9.17) is 11.6 Å². The second kappa shape index (κ2) is 5.43. The van der Waals surface area contributed by atoms with E-state index >= 15 is 0 Å². The second-order valence-corrected chi connectivity index (χ2v) is 6.64. The number of carbonyl (C=O) groups excluding carboxylic acids is 3. The summed E-state index contributed by atoms with van der Waals surface area (Å²) in [5.41, 5.74) is 0.711. The van der Waals surface area contributed by atoms with Crippen LogP contribution in [0, 0.1) is 0 Å². The fourth-order valence-corrected chi connectivity index (χ4v) is 4.07. The number of thiophene rings is 1. The average molecular weight is 357 g/mol. The first-order chi connectivity index (χ1) is 11.6. The lowest BCUT2D eigenvalue weighted by molar-refractivity contribution is 0.0879. The summed E-state index contributed by atoms with van der Waals surface area (Å²) in [5.74, 6) is -1.40. The monoisotopic (exact) mass is 356 g/mol. The number of nitrogens with one attached hydrogen (secondary N) is 2. The van der Waals surface area contributed by atoms with Crippen LogP contribution in [0.2, 0.25) is 5.02 Å². The van der Waals surface area contributed by atoms with Gasteiger partial charge in [-0.2, -0.15) is 0 Å². The van der Waals surface area contributed by atoms with Crippen LogP contribution >= 0.6 is 22.9 Å². The number of anilines is 1. The standard InChI is InChI=1S/C17H9ClN2O3S/c18-13-8-4-1-2-7-11(8)24-14(13)17(23)19-10-6-3-5-9-12(10)16(22)20-15(9)21/h1-7H,(H,19,23)(H,20,21,22). The number of imide groups is 1. The van der Waals surface area contributed by atoms with Crippen LogP contribution in [0.5, 0.6) is 0 Å². The predicted molar refractivity (Wildman–Crippen MR) is 93.0 cm³/mol. The molecule has 7 heteroatoms. The van der Waals surface area contributed by atoms with Crippen LogP contribution < -0.4 is 10.6 Å². The summed E-state index contributed by atoms with van der Waals surface area (Å²) in [6.07, 6.45) is 0. The summed E-state index contributed by atoms with van der Waals surface area (Å²) in [4.78, 5) is 36.6. The number of amides is 3. The Labute approximate surface area is 145 Å². The molecule has 0 unspecified atom stereocenters. The van der Waals surface area contributed by atoms with E-state index in [2.05, 4.69) is 10.6 Å². The minimum absolute atomic E-state index is 0.174. The highest BCUT2D eigenvalue weighted by Crippen LogP contribution is 2.36. The summed E-state index contributed by atoms with van der Waals surface area (Å²) in [5, 5.41) is 6.08. The first-order valence-electron chi connectivity index (χ1n) is 7.03. The molecule has 4 rings (SSSR count). The number of carbonyl (C=O) groups is 3. The van der Waals surface area contributed by atoms with Crippen molar-refractivity contribution in [2.24, 2.45) is 0 Å². The summed E-state index contributed by atoms with van der Waals surface area (Å²) in [6, 6.07) is 12.2. The maximum atomic E-state index is 12.6. The van der Waals surface area contributed by atoms with E-state index in [-0.39, 0.29) is 16.8 Å². The maximum Gasteiger partial charge on any atom is 0.267 e. The largest absolute Gasteiger partial charge is 0.320 e. The topological polar surface area (TPSA) is 75.3 Å². The van der Waals surface area contributed by atoms with Gasteiger partial charge in [0.1, 0.15) is 4.88 Å². The molecular weight excluding hydrogens is 348 g/mol. The number of fused-ring (bicyclic) bond motifs is 2. The Bertz CT molecular complexity index is 1040. The minimum atomic E-state index is -0.520. The highest BCUT2D eigenvalue weighted by molar-refractivity contribution is 7.21. The van der Waals surface area contributed by atoms with Crippen molar-refractivity contribution in [3.63, 3.8) is 0 Å². The third-order valence-corrected chi connectivity index (χ3v) is 5.43. The smallest absolute Gasteiger partial charge is 0.267 e. The van der Waals surface area contributed by atoms with Gasteiger partial charge in [0.15, 0.2) is 0 Å². The predicted octanol–water partition coefficient (Wildman–Crippen LogP) is 3.69. The summed E-state index contributed by atoms with van der Waals surface area (Å²) in [7, 11) is 0. The van der Waals surface area contributed by atoms with Crippen molar-refractivity contribution < 1.29 is 14.4 Å². The van der Waals surface area contributed by atoms with Gasteiger partial charge in [-0.05, 0) is 18.2 Å². The summed E-state index contributed by atoms with van der Waals surface area (Å²) in [6.45, 7) is 0. The number of hydrogen-bond acceptors (Lipinski definition) is 4. The zero-order valence-corrected chi connectivity index (χ0v) is 13.6. The van der Waals surface area contributed by atoms with Gasteiger partial charge in [0.05, 0.1) is 21.8 Å². The molecule has 0 radical (unpaired) electrons. The van der Waals surface area contributed by atoms with Crippen LogP contribution in [-0.4, -0.2) is 17.7 Å². The molecule has 0 fully saturated rings. The molecule has 1 aromatic heterocycles. The van der Waals surface area contributed by atoms with Gasteiger partial charge in [0.2, 0.25) is 0 Å². The molecule has 0 aliphatic carbocycles. The van der Waals surface area contributed by atoms with Crippen molar-refractivity contribution in [2.45, 2.75) is 0 Å². The summed E-state index contributed by atoms with van der Waals surface area (Å²) < 4.78 is 0.902. The molecule has 5 nitrogen and oxygen atoms in total. The summed E-state index contributed by atoms with van der Waals surface area (Å²) >= 11 is 7.58. The van der Waals surface area contributed by atoms with E-state index in [1.54, 1.807) is 12.1 Å². The van der Waals surface area contributed by atoms with Crippen LogP contribution in [0.1, 0.15) is 30.4 Å². The van der Waals surface area contributed by atoms with Gasteiger partial charge in [-0.15, -0.1) is 11.3 Å². The van der Waals surface area contributed by atoms with Gasteiger partial charge in [0.25, 0.3) is 17.7 Å². The molecule has 3 amide bonds. The van der Waals surface area contributed by atoms with E-state index in [9.17, 15) is 14.4 Å². The van der Waals surface area contributed by atoms with Crippen LogP contribution in [0.25, 0.3) is 10.1 Å². The molecule has 2 N–H and O–H groups in total. The Morgan fingerprint density at radius 2 is 1.83 bits per heavy atom. The second-order valence-electron chi connectivity index (χ2n) is 5.21. The van der Waals surface area contributed by atoms with E-state index in [0.29, 0.717) is 9.90 Å². The normalized spacial score (nSPS) is 13.0. The lowest BCUT2D eigenvalue weighted by atomic mass is 10.1.